The molecule has 0 saturated heterocycles. The van der Waals surface area contributed by atoms with E-state index in [-0.39, 0.29) is 5.91 Å². The number of aryl methyl sites for hydroxylation is 1. The molecule has 0 spiro atoms. The molecule has 2 rings (SSSR count). The molecule has 0 unspecified atom stereocenters. The number of nitrogens with zero attached hydrogens (tertiary/aromatic N) is 1. The molecule has 0 atom stereocenters. The first kappa shape index (κ1) is 14.1. The smallest absolute Gasteiger partial charge is 0.257 e. The van der Waals surface area contributed by atoms with Gasteiger partial charge in [0.1, 0.15) is 5.76 Å². The topological polar surface area (TPSA) is 45.5 Å². The maximum Gasteiger partial charge on any atom is 0.257 e. The Morgan fingerprint density at radius 1 is 1.42 bits per heavy atom. The van der Waals surface area contributed by atoms with E-state index in [0.717, 1.165) is 32.2 Å². The Bertz CT molecular complexity index is 420. The fourth-order valence-corrected chi connectivity index (χ4v) is 2.92. The molecular weight excluding hydrogens is 240 g/mol. The average Bonchev–Trinajstić information content (AvgIpc) is 2.84. The molecule has 1 amide bonds. The molecule has 0 radical (unpaired) electrons. The van der Waals surface area contributed by atoms with E-state index in [0.29, 0.717) is 23.4 Å². The second-order valence-corrected chi connectivity index (χ2v) is 5.37. The third kappa shape index (κ3) is 3.18. The van der Waals surface area contributed by atoms with Crippen molar-refractivity contribution in [2.24, 2.45) is 0 Å². The van der Waals surface area contributed by atoms with E-state index in [9.17, 15) is 4.79 Å². The van der Waals surface area contributed by atoms with Gasteiger partial charge in [-0.3, -0.25) is 4.79 Å². The molecule has 1 aromatic heterocycles. The zero-order chi connectivity index (χ0) is 13.8. The van der Waals surface area contributed by atoms with Gasteiger partial charge in [0.2, 0.25) is 0 Å². The van der Waals surface area contributed by atoms with Crippen LogP contribution in [-0.4, -0.2) is 36.5 Å². The van der Waals surface area contributed by atoms with Crippen LogP contribution < -0.4 is 5.32 Å². The molecule has 4 nitrogen and oxygen atoms in total. The van der Waals surface area contributed by atoms with Crippen LogP contribution in [-0.2, 0) is 0 Å². The molecule has 4 heteroatoms. The summed E-state index contributed by atoms with van der Waals surface area (Å²) in [7, 11) is 1.91. The van der Waals surface area contributed by atoms with E-state index in [2.05, 4.69) is 12.2 Å². The van der Waals surface area contributed by atoms with Crippen molar-refractivity contribution in [2.45, 2.75) is 51.6 Å². The van der Waals surface area contributed by atoms with E-state index in [4.69, 9.17) is 4.42 Å². The lowest BCUT2D eigenvalue weighted by Crippen LogP contribution is -2.43. The predicted molar refractivity (Wildman–Crippen MR) is 75.3 cm³/mol. The van der Waals surface area contributed by atoms with Crippen molar-refractivity contribution in [1.29, 1.82) is 0 Å². The highest BCUT2D eigenvalue weighted by molar-refractivity contribution is 5.95. The first-order valence-electron chi connectivity index (χ1n) is 7.18. The first-order valence-corrected chi connectivity index (χ1v) is 7.18. The third-order valence-corrected chi connectivity index (χ3v) is 4.15. The van der Waals surface area contributed by atoms with Gasteiger partial charge in [-0.25, -0.2) is 0 Å². The number of hydrogen-bond acceptors (Lipinski definition) is 3. The van der Waals surface area contributed by atoms with E-state index in [1.54, 1.807) is 12.3 Å². The summed E-state index contributed by atoms with van der Waals surface area (Å²) in [5.74, 6) is 0.788. The number of hydrogen-bond donors (Lipinski definition) is 1. The van der Waals surface area contributed by atoms with Crippen LogP contribution in [0.25, 0.3) is 0 Å². The highest BCUT2D eigenvalue weighted by Gasteiger charge is 2.27. The standard InChI is InChI=1S/C15H24N2O2/c1-4-16-12-5-7-13(8-6-12)17(3)15(18)14-9-10-19-11(14)2/h9-10,12-13,16H,4-8H2,1-3H3. The Hall–Kier alpha value is -1.29. The molecule has 1 saturated carbocycles. The first-order chi connectivity index (χ1) is 9.13. The molecule has 1 heterocycles. The van der Waals surface area contributed by atoms with Gasteiger partial charge in [0.25, 0.3) is 5.91 Å². The Kier molecular flexibility index (Phi) is 4.64. The van der Waals surface area contributed by atoms with E-state index in [1.165, 1.54) is 0 Å². The van der Waals surface area contributed by atoms with Gasteiger partial charge in [-0.1, -0.05) is 6.92 Å². The molecule has 0 bridgehead atoms. The van der Waals surface area contributed by atoms with Gasteiger partial charge in [-0.2, -0.15) is 0 Å². The van der Waals surface area contributed by atoms with Crippen LogP contribution in [0.3, 0.4) is 0 Å². The monoisotopic (exact) mass is 264 g/mol. The molecule has 0 aliphatic heterocycles. The lowest BCUT2D eigenvalue weighted by Gasteiger charge is -2.34. The lowest BCUT2D eigenvalue weighted by atomic mass is 9.90. The van der Waals surface area contributed by atoms with Crippen LogP contribution in [0.15, 0.2) is 16.7 Å². The Labute approximate surface area is 115 Å². The van der Waals surface area contributed by atoms with Crippen LogP contribution in [0.2, 0.25) is 0 Å². The Morgan fingerprint density at radius 2 is 2.11 bits per heavy atom. The summed E-state index contributed by atoms with van der Waals surface area (Å²) >= 11 is 0. The minimum atomic E-state index is 0.0816. The minimum absolute atomic E-state index is 0.0816. The summed E-state index contributed by atoms with van der Waals surface area (Å²) in [4.78, 5) is 14.3. The number of nitrogens with one attached hydrogen (secondary N) is 1. The zero-order valence-electron chi connectivity index (χ0n) is 12.1. The largest absolute Gasteiger partial charge is 0.469 e. The lowest BCUT2D eigenvalue weighted by molar-refractivity contribution is 0.0683. The molecule has 1 fully saturated rings. The molecule has 106 valence electrons. The summed E-state index contributed by atoms with van der Waals surface area (Å²) in [5, 5.41) is 3.49. The van der Waals surface area contributed by atoms with E-state index >= 15 is 0 Å². The van der Waals surface area contributed by atoms with E-state index in [1.807, 2.05) is 18.9 Å². The number of carbonyl (C=O) groups is 1. The second-order valence-electron chi connectivity index (χ2n) is 5.37. The number of furan rings is 1. The van der Waals surface area contributed by atoms with Crippen LogP contribution in [0, 0.1) is 6.92 Å². The molecule has 1 N–H and O–H groups in total. The van der Waals surface area contributed by atoms with Crippen molar-refractivity contribution >= 4 is 5.91 Å². The van der Waals surface area contributed by atoms with Gasteiger partial charge < -0.3 is 14.6 Å². The normalized spacial score (nSPS) is 23.3. The molecule has 1 aromatic rings. The van der Waals surface area contributed by atoms with Crippen molar-refractivity contribution in [3.05, 3.63) is 23.7 Å². The minimum Gasteiger partial charge on any atom is -0.469 e. The summed E-state index contributed by atoms with van der Waals surface area (Å²) < 4.78 is 5.21. The second kappa shape index (κ2) is 6.24. The van der Waals surface area contributed by atoms with Gasteiger partial charge in [0, 0.05) is 19.1 Å². The summed E-state index contributed by atoms with van der Waals surface area (Å²) in [6, 6.07) is 2.75. The predicted octanol–water partition coefficient (Wildman–Crippen LogP) is 2.58. The highest BCUT2D eigenvalue weighted by Crippen LogP contribution is 2.24. The molecule has 1 aliphatic rings. The van der Waals surface area contributed by atoms with Gasteiger partial charge >= 0.3 is 0 Å². The number of carbonyl (C=O) groups excluding carboxylic acids is 1. The quantitative estimate of drug-likeness (QED) is 0.909. The van der Waals surface area contributed by atoms with Crippen LogP contribution in [0.5, 0.6) is 0 Å². The highest BCUT2D eigenvalue weighted by atomic mass is 16.3. The third-order valence-electron chi connectivity index (χ3n) is 4.15. The number of rotatable bonds is 4. The fourth-order valence-electron chi connectivity index (χ4n) is 2.92. The van der Waals surface area contributed by atoms with Crippen molar-refractivity contribution in [3.8, 4) is 0 Å². The van der Waals surface area contributed by atoms with Gasteiger partial charge in [-0.15, -0.1) is 0 Å². The van der Waals surface area contributed by atoms with Gasteiger partial charge in [0.05, 0.1) is 11.8 Å². The zero-order valence-corrected chi connectivity index (χ0v) is 12.1. The van der Waals surface area contributed by atoms with E-state index < -0.39 is 0 Å². The summed E-state index contributed by atoms with van der Waals surface area (Å²) in [5.41, 5.74) is 0.691. The SMILES string of the molecule is CCNC1CCC(N(C)C(=O)c2ccoc2C)CC1. The Morgan fingerprint density at radius 3 is 2.63 bits per heavy atom. The summed E-state index contributed by atoms with van der Waals surface area (Å²) in [6.07, 6.45) is 6.05. The molecule has 19 heavy (non-hydrogen) atoms. The van der Waals surface area contributed by atoms with Gasteiger partial charge in [0.15, 0.2) is 0 Å². The molecule has 1 aliphatic carbocycles. The average molecular weight is 264 g/mol. The van der Waals surface area contributed by atoms with Crippen LogP contribution in [0.4, 0.5) is 0 Å². The Balaban J connectivity index is 1.92. The van der Waals surface area contributed by atoms with Gasteiger partial charge in [-0.05, 0) is 45.2 Å². The van der Waals surface area contributed by atoms with Crippen molar-refractivity contribution in [1.82, 2.24) is 10.2 Å². The van der Waals surface area contributed by atoms with Crippen molar-refractivity contribution < 1.29 is 9.21 Å². The maximum absolute atomic E-state index is 12.4. The maximum atomic E-state index is 12.4. The number of amides is 1. The van der Waals surface area contributed by atoms with Crippen LogP contribution in [0.1, 0.15) is 48.7 Å². The fraction of sp³-hybridized carbons (Fsp3) is 0.667. The molecule has 0 aromatic carbocycles. The van der Waals surface area contributed by atoms with Crippen molar-refractivity contribution in [2.75, 3.05) is 13.6 Å². The van der Waals surface area contributed by atoms with Crippen molar-refractivity contribution in [3.63, 3.8) is 0 Å². The van der Waals surface area contributed by atoms with Crippen LogP contribution >= 0.6 is 0 Å². The summed E-state index contributed by atoms with van der Waals surface area (Å²) in [6.45, 7) is 5.00. The molecular formula is C15H24N2O2.